The van der Waals surface area contributed by atoms with E-state index in [1.165, 1.54) is 12.1 Å². The zero-order valence-electron chi connectivity index (χ0n) is 13.9. The highest BCUT2D eigenvalue weighted by molar-refractivity contribution is 7.91. The number of piperazine rings is 1. The molecule has 1 amide bonds. The number of carbonyl (C=O) groups excluding carboxylic acids is 1. The molecule has 0 spiro atoms. The predicted octanol–water partition coefficient (Wildman–Crippen LogP) is 1.53. The Morgan fingerprint density at radius 3 is 2.19 bits per heavy atom. The summed E-state index contributed by atoms with van der Waals surface area (Å²) in [6.07, 6.45) is -4.15. The third kappa shape index (κ3) is 4.67. The van der Waals surface area contributed by atoms with E-state index in [0.29, 0.717) is 32.6 Å². The maximum absolute atomic E-state index is 12.5. The van der Waals surface area contributed by atoms with Crippen molar-refractivity contribution in [1.82, 2.24) is 9.80 Å². The molecule has 2 heterocycles. The fourth-order valence-electron chi connectivity index (χ4n) is 3.34. The molecule has 10 heteroatoms. The summed E-state index contributed by atoms with van der Waals surface area (Å²) in [5.41, 5.74) is 0.288. The second-order valence-electron chi connectivity index (χ2n) is 6.46. The van der Waals surface area contributed by atoms with E-state index in [1.807, 2.05) is 0 Å². The highest BCUT2D eigenvalue weighted by Crippen LogP contribution is 2.24. The first-order valence-electron chi connectivity index (χ1n) is 8.22. The summed E-state index contributed by atoms with van der Waals surface area (Å²) in [7, 11) is -2.95. The molecule has 1 atom stereocenters. The Labute approximate surface area is 149 Å². The van der Waals surface area contributed by atoms with Crippen LogP contribution in [0.1, 0.15) is 16.8 Å². The average molecular weight is 392 g/mol. The van der Waals surface area contributed by atoms with Crippen molar-refractivity contribution >= 4 is 15.7 Å². The van der Waals surface area contributed by atoms with Crippen molar-refractivity contribution in [3.05, 3.63) is 29.8 Å². The quantitative estimate of drug-likeness (QED) is 0.781. The zero-order chi connectivity index (χ0) is 18.9. The third-order valence-corrected chi connectivity index (χ3v) is 6.41. The average Bonchev–Trinajstić information content (AvgIpc) is 2.94. The molecule has 0 bridgehead atoms. The topological polar surface area (TPSA) is 66.9 Å². The van der Waals surface area contributed by atoms with Crippen molar-refractivity contribution in [3.8, 4) is 5.75 Å². The number of nitrogens with zero attached hydrogens (tertiary/aromatic N) is 2. The van der Waals surface area contributed by atoms with Gasteiger partial charge in [-0.15, -0.1) is 13.2 Å². The molecule has 6 nitrogen and oxygen atoms in total. The minimum absolute atomic E-state index is 0.0102. The second kappa shape index (κ2) is 7.07. The SMILES string of the molecule is O=C(c1ccc(OC(F)(F)F)cc1)N1CCN([C@H]2CCS(=O)(=O)C2)CC1. The van der Waals surface area contributed by atoms with Crippen LogP contribution in [0.25, 0.3) is 0 Å². The number of hydrogen-bond acceptors (Lipinski definition) is 5. The van der Waals surface area contributed by atoms with Gasteiger partial charge in [-0.1, -0.05) is 0 Å². The van der Waals surface area contributed by atoms with Crippen molar-refractivity contribution in [1.29, 1.82) is 0 Å². The van der Waals surface area contributed by atoms with Crippen molar-refractivity contribution in [2.24, 2.45) is 0 Å². The number of sulfone groups is 1. The summed E-state index contributed by atoms with van der Waals surface area (Å²) in [6, 6.07) is 4.84. The smallest absolute Gasteiger partial charge is 0.406 e. The van der Waals surface area contributed by atoms with Crippen LogP contribution in [0.2, 0.25) is 0 Å². The number of alkyl halides is 3. The highest BCUT2D eigenvalue weighted by atomic mass is 32.2. The van der Waals surface area contributed by atoms with Crippen LogP contribution in [-0.2, 0) is 9.84 Å². The highest BCUT2D eigenvalue weighted by Gasteiger charge is 2.34. The Morgan fingerprint density at radius 1 is 1.08 bits per heavy atom. The van der Waals surface area contributed by atoms with Gasteiger partial charge in [0.2, 0.25) is 0 Å². The van der Waals surface area contributed by atoms with Crippen LogP contribution in [0, 0.1) is 0 Å². The van der Waals surface area contributed by atoms with Crippen LogP contribution in [0.4, 0.5) is 13.2 Å². The van der Waals surface area contributed by atoms with E-state index in [4.69, 9.17) is 0 Å². The number of amides is 1. The Balaban J connectivity index is 1.55. The van der Waals surface area contributed by atoms with Crippen molar-refractivity contribution in [2.45, 2.75) is 18.8 Å². The van der Waals surface area contributed by atoms with E-state index in [1.54, 1.807) is 4.90 Å². The molecular formula is C16H19F3N2O4S. The molecule has 0 saturated carbocycles. The predicted molar refractivity (Wildman–Crippen MR) is 87.7 cm³/mol. The number of halogens is 3. The van der Waals surface area contributed by atoms with E-state index in [9.17, 15) is 26.4 Å². The van der Waals surface area contributed by atoms with Crippen LogP contribution in [0.5, 0.6) is 5.75 Å². The molecule has 2 fully saturated rings. The summed E-state index contributed by atoms with van der Waals surface area (Å²) in [5.74, 6) is -0.256. The largest absolute Gasteiger partial charge is 0.573 e. The summed E-state index contributed by atoms with van der Waals surface area (Å²) >= 11 is 0. The van der Waals surface area contributed by atoms with Crippen LogP contribution in [0.3, 0.4) is 0 Å². The fraction of sp³-hybridized carbons (Fsp3) is 0.562. The molecule has 2 saturated heterocycles. The van der Waals surface area contributed by atoms with Crippen LogP contribution in [0.15, 0.2) is 24.3 Å². The molecule has 2 aliphatic rings. The fourth-order valence-corrected chi connectivity index (χ4v) is 5.10. The Hall–Kier alpha value is -1.81. The lowest BCUT2D eigenvalue weighted by atomic mass is 10.1. The van der Waals surface area contributed by atoms with Gasteiger partial charge < -0.3 is 9.64 Å². The lowest BCUT2D eigenvalue weighted by molar-refractivity contribution is -0.274. The van der Waals surface area contributed by atoms with Gasteiger partial charge in [-0.3, -0.25) is 9.69 Å². The van der Waals surface area contributed by atoms with Crippen LogP contribution in [-0.4, -0.2) is 74.2 Å². The number of ether oxygens (including phenoxy) is 1. The Bertz CT molecular complexity index is 757. The maximum Gasteiger partial charge on any atom is 0.573 e. The standard InChI is InChI=1S/C16H19F3N2O4S/c17-16(18,19)25-14-3-1-12(2-4-14)15(22)21-8-6-20(7-9-21)13-5-10-26(23,24)11-13/h1-4,13H,5-11H2/t13-/m0/s1. The molecule has 0 aliphatic carbocycles. The number of benzene rings is 1. The van der Waals surface area contributed by atoms with E-state index in [2.05, 4.69) is 9.64 Å². The third-order valence-electron chi connectivity index (χ3n) is 4.66. The molecule has 1 aromatic carbocycles. The number of rotatable bonds is 3. The maximum atomic E-state index is 12.5. The van der Waals surface area contributed by atoms with Crippen LogP contribution < -0.4 is 4.74 Å². The van der Waals surface area contributed by atoms with Crippen molar-refractivity contribution < 1.29 is 31.1 Å². The van der Waals surface area contributed by atoms with Gasteiger partial charge in [-0.2, -0.15) is 0 Å². The lowest BCUT2D eigenvalue weighted by Crippen LogP contribution is -2.52. The molecule has 144 valence electrons. The molecular weight excluding hydrogens is 373 g/mol. The minimum atomic E-state index is -4.77. The van der Waals surface area contributed by atoms with Gasteiger partial charge in [0.05, 0.1) is 11.5 Å². The molecule has 26 heavy (non-hydrogen) atoms. The molecule has 0 aromatic heterocycles. The second-order valence-corrected chi connectivity index (χ2v) is 8.69. The monoisotopic (exact) mass is 392 g/mol. The summed E-state index contributed by atoms with van der Waals surface area (Å²) < 4.78 is 63.4. The van der Waals surface area contributed by atoms with Gasteiger partial charge in [0.1, 0.15) is 5.75 Å². The molecule has 0 unspecified atom stereocenters. The van der Waals surface area contributed by atoms with E-state index < -0.39 is 16.2 Å². The van der Waals surface area contributed by atoms with Gasteiger partial charge in [0.15, 0.2) is 9.84 Å². The summed E-state index contributed by atoms with van der Waals surface area (Å²) in [4.78, 5) is 16.2. The first kappa shape index (κ1) is 19.0. The molecule has 0 N–H and O–H groups in total. The van der Waals surface area contributed by atoms with E-state index in [0.717, 1.165) is 12.1 Å². The van der Waals surface area contributed by atoms with E-state index >= 15 is 0 Å². The number of hydrogen-bond donors (Lipinski definition) is 0. The van der Waals surface area contributed by atoms with Gasteiger partial charge in [0.25, 0.3) is 5.91 Å². The van der Waals surface area contributed by atoms with Gasteiger partial charge >= 0.3 is 6.36 Å². The Morgan fingerprint density at radius 2 is 1.69 bits per heavy atom. The minimum Gasteiger partial charge on any atom is -0.406 e. The van der Waals surface area contributed by atoms with Crippen LogP contribution >= 0.6 is 0 Å². The van der Waals surface area contributed by atoms with Gasteiger partial charge in [-0.25, -0.2) is 8.42 Å². The van der Waals surface area contributed by atoms with Crippen molar-refractivity contribution in [3.63, 3.8) is 0 Å². The van der Waals surface area contributed by atoms with Crippen molar-refractivity contribution in [2.75, 3.05) is 37.7 Å². The molecule has 2 aliphatic heterocycles. The molecule has 3 rings (SSSR count). The van der Waals surface area contributed by atoms with Gasteiger partial charge in [0, 0.05) is 37.8 Å². The first-order chi connectivity index (χ1) is 12.1. The number of carbonyl (C=O) groups is 1. The summed E-state index contributed by atoms with van der Waals surface area (Å²) in [5, 5.41) is 0. The lowest BCUT2D eigenvalue weighted by Gasteiger charge is -2.37. The summed E-state index contributed by atoms with van der Waals surface area (Å²) in [6.45, 7) is 2.08. The first-order valence-corrected chi connectivity index (χ1v) is 10.0. The molecule has 1 aromatic rings. The van der Waals surface area contributed by atoms with E-state index in [-0.39, 0.29) is 34.8 Å². The normalized spacial score (nSPS) is 23.8. The zero-order valence-corrected chi connectivity index (χ0v) is 14.7. The van der Waals surface area contributed by atoms with Gasteiger partial charge in [-0.05, 0) is 30.7 Å². The molecule has 0 radical (unpaired) electrons. The Kier molecular flexibility index (Phi) is 5.16.